The molecule has 74 heavy (non-hydrogen) atoms. The number of aliphatic hydroxyl groups excluding tert-OH is 1. The van der Waals surface area contributed by atoms with Crippen molar-refractivity contribution in [3.63, 3.8) is 0 Å². The summed E-state index contributed by atoms with van der Waals surface area (Å²) >= 11 is 0. The van der Waals surface area contributed by atoms with E-state index in [1.54, 1.807) is 6.08 Å². The SMILES string of the molecule is CCCCCCCCCCCCCC/C=C\CCCCCCCCCCCCCCCCCC(=O)NC(COP(=O)(O)OCC[N+](C)(C)C)C(O)/C=C/CC/C=C/CCCCCCCCCCCCCCCCC. The number of unbranched alkanes of at least 4 members (excludes halogenated alkanes) is 43. The Morgan fingerprint density at radius 3 is 1.08 bits per heavy atom. The Morgan fingerprint density at radius 2 is 0.743 bits per heavy atom. The number of amides is 1. The van der Waals surface area contributed by atoms with Crippen LogP contribution in [0.2, 0.25) is 0 Å². The van der Waals surface area contributed by atoms with Crippen molar-refractivity contribution in [1.82, 2.24) is 5.32 Å². The lowest BCUT2D eigenvalue weighted by atomic mass is 10.0. The summed E-state index contributed by atoms with van der Waals surface area (Å²) in [7, 11) is 1.57. The van der Waals surface area contributed by atoms with Crippen LogP contribution in [0.25, 0.3) is 0 Å². The van der Waals surface area contributed by atoms with Crippen molar-refractivity contribution in [1.29, 1.82) is 0 Å². The van der Waals surface area contributed by atoms with Gasteiger partial charge in [-0.1, -0.05) is 294 Å². The maximum absolute atomic E-state index is 13.0. The van der Waals surface area contributed by atoms with E-state index >= 15 is 0 Å². The van der Waals surface area contributed by atoms with Crippen molar-refractivity contribution in [2.75, 3.05) is 40.9 Å². The minimum atomic E-state index is -4.36. The first-order valence-electron chi connectivity index (χ1n) is 32.4. The zero-order valence-corrected chi connectivity index (χ0v) is 51.0. The molecule has 0 radical (unpaired) electrons. The first-order chi connectivity index (χ1) is 36.0. The number of carbonyl (C=O) groups excluding carboxylic acids is 1. The first kappa shape index (κ1) is 72.7. The first-order valence-corrected chi connectivity index (χ1v) is 33.9. The Morgan fingerprint density at radius 1 is 0.446 bits per heavy atom. The van der Waals surface area contributed by atoms with E-state index in [9.17, 15) is 19.4 Å². The maximum Gasteiger partial charge on any atom is 0.472 e. The number of hydrogen-bond acceptors (Lipinski definition) is 5. The second-order valence-electron chi connectivity index (χ2n) is 23.5. The van der Waals surface area contributed by atoms with Gasteiger partial charge in [0, 0.05) is 6.42 Å². The number of nitrogens with one attached hydrogen (secondary N) is 1. The fraction of sp³-hybridized carbons (Fsp3) is 0.892. The monoisotopic (exact) mass is 1060 g/mol. The van der Waals surface area contributed by atoms with Crippen LogP contribution >= 0.6 is 7.82 Å². The smallest absolute Gasteiger partial charge is 0.387 e. The van der Waals surface area contributed by atoms with Crippen molar-refractivity contribution in [3.8, 4) is 0 Å². The molecule has 3 N–H and O–H groups in total. The molecule has 1 amide bonds. The van der Waals surface area contributed by atoms with Gasteiger partial charge in [-0.25, -0.2) is 4.57 Å². The molecule has 0 fully saturated rings. The predicted molar refractivity (Wildman–Crippen MR) is 323 cm³/mol. The van der Waals surface area contributed by atoms with Gasteiger partial charge in [-0.3, -0.25) is 13.8 Å². The normalized spacial score (nSPS) is 14.0. The lowest BCUT2D eigenvalue weighted by Crippen LogP contribution is -2.45. The molecule has 9 heteroatoms. The molecule has 0 spiro atoms. The summed E-state index contributed by atoms with van der Waals surface area (Å²) in [5, 5.41) is 14.0. The van der Waals surface area contributed by atoms with Crippen molar-refractivity contribution in [2.24, 2.45) is 0 Å². The largest absolute Gasteiger partial charge is 0.472 e. The van der Waals surface area contributed by atoms with E-state index < -0.39 is 20.0 Å². The van der Waals surface area contributed by atoms with Crippen molar-refractivity contribution < 1.29 is 32.9 Å². The summed E-state index contributed by atoms with van der Waals surface area (Å²) in [6, 6.07) is -0.863. The van der Waals surface area contributed by atoms with Crippen LogP contribution in [0.4, 0.5) is 0 Å². The highest BCUT2D eigenvalue weighted by atomic mass is 31.2. The van der Waals surface area contributed by atoms with E-state index in [0.717, 1.165) is 38.5 Å². The Labute approximate surface area is 461 Å². The average molecular weight is 1060 g/mol. The van der Waals surface area contributed by atoms with Gasteiger partial charge in [0.1, 0.15) is 13.2 Å². The quantitative estimate of drug-likeness (QED) is 0.0243. The van der Waals surface area contributed by atoms with Gasteiger partial charge in [0.15, 0.2) is 0 Å². The molecule has 0 aromatic carbocycles. The fourth-order valence-electron chi connectivity index (χ4n) is 9.76. The van der Waals surface area contributed by atoms with Crippen LogP contribution in [0.15, 0.2) is 36.5 Å². The second-order valence-corrected chi connectivity index (χ2v) is 24.9. The number of quaternary nitrogens is 1. The molecule has 0 aromatic heterocycles. The summed E-state index contributed by atoms with van der Waals surface area (Å²) in [4.78, 5) is 23.4. The van der Waals surface area contributed by atoms with Crippen LogP contribution < -0.4 is 5.32 Å². The lowest BCUT2D eigenvalue weighted by molar-refractivity contribution is -0.870. The van der Waals surface area contributed by atoms with Crippen LogP contribution in [0.3, 0.4) is 0 Å². The molecule has 0 aliphatic heterocycles. The zero-order chi connectivity index (χ0) is 54.2. The van der Waals surface area contributed by atoms with Crippen LogP contribution in [-0.4, -0.2) is 73.4 Å². The van der Waals surface area contributed by atoms with Crippen molar-refractivity contribution in [2.45, 2.75) is 334 Å². The number of rotatable bonds is 60. The standard InChI is InChI=1S/C65H127N2O6P/c1-6-8-10-12-14-16-18-20-22-24-26-28-29-30-31-32-33-34-35-36-37-39-41-43-45-47-49-51-53-55-57-59-65(69)66-63(62-73-74(70,71)72-61-60-67(3,4)5)64(68)58-56-54-52-50-48-46-44-42-40-38-27-25-23-21-19-17-15-13-11-9-7-2/h30-31,48,50,56,58,63-64,68H,6-29,32-47,49,51-55,57,59-62H2,1-5H3,(H-,66,69,70,71)/p+1/b31-30-,50-48+,58-56+. The number of likely N-dealkylation sites (N-methyl/N-ethyl adjacent to an activating group) is 1. The van der Waals surface area contributed by atoms with Gasteiger partial charge in [0.2, 0.25) is 5.91 Å². The minimum absolute atomic E-state index is 0.0575. The maximum atomic E-state index is 13.0. The van der Waals surface area contributed by atoms with Crippen LogP contribution in [0, 0.1) is 0 Å². The van der Waals surface area contributed by atoms with Crippen molar-refractivity contribution in [3.05, 3.63) is 36.5 Å². The number of phosphoric ester groups is 1. The molecule has 0 heterocycles. The number of allylic oxidation sites excluding steroid dienone is 5. The van der Waals surface area contributed by atoms with Gasteiger partial charge in [-0.15, -0.1) is 0 Å². The number of phosphoric acid groups is 1. The topological polar surface area (TPSA) is 105 Å². The van der Waals surface area contributed by atoms with Gasteiger partial charge >= 0.3 is 7.82 Å². The predicted octanol–water partition coefficient (Wildman–Crippen LogP) is 20.1. The van der Waals surface area contributed by atoms with Crippen LogP contribution in [0.5, 0.6) is 0 Å². The Bertz CT molecular complexity index is 1300. The average Bonchev–Trinajstić information content (AvgIpc) is 3.36. The highest BCUT2D eigenvalue weighted by Crippen LogP contribution is 2.43. The van der Waals surface area contributed by atoms with E-state index in [4.69, 9.17) is 9.05 Å². The van der Waals surface area contributed by atoms with Crippen LogP contribution in [0.1, 0.15) is 322 Å². The van der Waals surface area contributed by atoms with E-state index in [2.05, 4.69) is 43.5 Å². The number of aliphatic hydroxyl groups is 1. The molecule has 0 aliphatic rings. The highest BCUT2D eigenvalue weighted by Gasteiger charge is 2.27. The van der Waals surface area contributed by atoms with E-state index in [1.165, 1.54) is 263 Å². The molecule has 0 aliphatic carbocycles. The summed E-state index contributed by atoms with van der Waals surface area (Å²) in [5.74, 6) is -0.181. The number of hydrogen-bond donors (Lipinski definition) is 3. The molecule has 0 rings (SSSR count). The summed E-state index contributed by atoms with van der Waals surface area (Å²) in [5.41, 5.74) is 0. The fourth-order valence-corrected chi connectivity index (χ4v) is 10.5. The molecule has 438 valence electrons. The number of carbonyl (C=O) groups is 1. The molecule has 0 saturated heterocycles. The van der Waals surface area contributed by atoms with Gasteiger partial charge in [-0.2, -0.15) is 0 Å². The lowest BCUT2D eigenvalue weighted by Gasteiger charge is -2.25. The third kappa shape index (κ3) is 58.4. The third-order valence-corrected chi connectivity index (χ3v) is 15.8. The Kier molecular flexibility index (Phi) is 55.5. The van der Waals surface area contributed by atoms with Gasteiger partial charge in [0.25, 0.3) is 0 Å². The highest BCUT2D eigenvalue weighted by molar-refractivity contribution is 7.47. The van der Waals surface area contributed by atoms with Gasteiger partial charge in [0.05, 0.1) is 39.9 Å². The van der Waals surface area contributed by atoms with Crippen LogP contribution in [-0.2, 0) is 18.4 Å². The molecule has 0 aromatic rings. The zero-order valence-electron chi connectivity index (χ0n) is 50.1. The molecule has 3 unspecified atom stereocenters. The molecule has 0 saturated carbocycles. The molecular formula is C65H128N2O6P+. The van der Waals surface area contributed by atoms with E-state index in [1.807, 2.05) is 27.2 Å². The van der Waals surface area contributed by atoms with E-state index in [0.29, 0.717) is 17.4 Å². The Balaban J connectivity index is 4.10. The summed E-state index contributed by atoms with van der Waals surface area (Å²) in [6.45, 7) is 4.84. The minimum Gasteiger partial charge on any atom is -0.387 e. The Hall–Kier alpha value is -1.28. The third-order valence-electron chi connectivity index (χ3n) is 14.8. The summed E-state index contributed by atoms with van der Waals surface area (Å²) < 4.78 is 23.7. The molecule has 3 atom stereocenters. The summed E-state index contributed by atoms with van der Waals surface area (Å²) in [6.07, 6.45) is 74.2. The molecular weight excluding hydrogens is 936 g/mol. The van der Waals surface area contributed by atoms with Gasteiger partial charge in [-0.05, 0) is 57.8 Å². The van der Waals surface area contributed by atoms with Gasteiger partial charge < -0.3 is 19.8 Å². The second kappa shape index (κ2) is 56.4. The molecule has 0 bridgehead atoms. The number of nitrogens with zero attached hydrogens (tertiary/aromatic N) is 1. The van der Waals surface area contributed by atoms with Crippen molar-refractivity contribution >= 4 is 13.7 Å². The molecule has 8 nitrogen and oxygen atoms in total. The van der Waals surface area contributed by atoms with E-state index in [-0.39, 0.29) is 19.1 Å².